The maximum atomic E-state index is 12.0. The van der Waals surface area contributed by atoms with Crippen LogP contribution in [0.3, 0.4) is 0 Å². The van der Waals surface area contributed by atoms with Crippen LogP contribution in [0, 0.1) is 6.92 Å². The molecule has 0 spiro atoms. The average Bonchev–Trinajstić information content (AvgIpc) is 3.13. The van der Waals surface area contributed by atoms with Crippen molar-refractivity contribution >= 4 is 29.3 Å². The van der Waals surface area contributed by atoms with Gasteiger partial charge in [-0.2, -0.15) is 0 Å². The maximum absolute atomic E-state index is 12.0. The number of thioether (sulfide) groups is 1. The van der Waals surface area contributed by atoms with Crippen molar-refractivity contribution in [1.29, 1.82) is 0 Å². The smallest absolute Gasteiger partial charge is 0.246 e. The summed E-state index contributed by atoms with van der Waals surface area (Å²) >= 11 is 7.86. The number of aryl methyl sites for hydroxylation is 1. The van der Waals surface area contributed by atoms with Gasteiger partial charge in [-0.1, -0.05) is 59.8 Å². The van der Waals surface area contributed by atoms with Crippen LogP contribution in [0.4, 0.5) is 0 Å². The number of nitrogens with one attached hydrogen (secondary N) is 1. The molecule has 3 rings (SSSR count). The van der Waals surface area contributed by atoms with Crippen LogP contribution in [0.5, 0.6) is 0 Å². The Morgan fingerprint density at radius 2 is 2.00 bits per heavy atom. The minimum Gasteiger partial charge on any atom is -0.375 e. The summed E-state index contributed by atoms with van der Waals surface area (Å²) in [6.45, 7) is 3.87. The van der Waals surface area contributed by atoms with Gasteiger partial charge in [0.2, 0.25) is 5.91 Å². The Morgan fingerprint density at radius 1 is 1.24 bits per heavy atom. The van der Waals surface area contributed by atoms with Gasteiger partial charge in [-0.05, 0) is 37.1 Å². The molecule has 1 amide bonds. The third-order valence-electron chi connectivity index (χ3n) is 4.32. The summed E-state index contributed by atoms with van der Waals surface area (Å²) in [5, 5.41) is 13.0. The second-order valence-electron chi connectivity index (χ2n) is 6.60. The van der Waals surface area contributed by atoms with E-state index in [0.717, 1.165) is 22.2 Å². The molecule has 6 nitrogen and oxygen atoms in total. The molecule has 0 saturated carbocycles. The van der Waals surface area contributed by atoms with Gasteiger partial charge in [-0.3, -0.25) is 9.36 Å². The Morgan fingerprint density at radius 3 is 2.72 bits per heavy atom. The molecule has 1 heterocycles. The normalized spacial score (nSPS) is 12.0. The first-order valence-electron chi connectivity index (χ1n) is 9.16. The Kier molecular flexibility index (Phi) is 7.30. The van der Waals surface area contributed by atoms with Crippen LogP contribution in [0.2, 0.25) is 5.02 Å². The van der Waals surface area contributed by atoms with Gasteiger partial charge in [0.1, 0.15) is 6.61 Å². The zero-order valence-corrected chi connectivity index (χ0v) is 18.1. The van der Waals surface area contributed by atoms with Crippen molar-refractivity contribution in [2.45, 2.75) is 30.8 Å². The standard InChI is InChI=1S/C21H23ClN4O2S/c1-14-9-10-17(22)11-18(14)26-20(15(2)23-19(27)12-28-3)24-25-21(26)29-13-16-7-5-4-6-8-16/h4-11,15H,12-13H2,1-3H3,(H,23,27). The molecule has 0 aliphatic heterocycles. The van der Waals surface area contributed by atoms with Crippen molar-refractivity contribution < 1.29 is 9.53 Å². The lowest BCUT2D eigenvalue weighted by Crippen LogP contribution is -2.31. The summed E-state index contributed by atoms with van der Waals surface area (Å²) in [6, 6.07) is 15.5. The lowest BCUT2D eigenvalue weighted by Gasteiger charge is -2.18. The molecule has 29 heavy (non-hydrogen) atoms. The molecule has 1 unspecified atom stereocenters. The Hall–Kier alpha value is -2.35. The zero-order valence-electron chi connectivity index (χ0n) is 16.6. The molecule has 1 atom stereocenters. The van der Waals surface area contributed by atoms with Crippen LogP contribution in [-0.2, 0) is 15.3 Å². The number of hydrogen-bond donors (Lipinski definition) is 1. The lowest BCUT2D eigenvalue weighted by molar-refractivity contribution is -0.125. The first kappa shape index (κ1) is 21.4. The number of rotatable bonds is 8. The largest absolute Gasteiger partial charge is 0.375 e. The monoisotopic (exact) mass is 430 g/mol. The number of carbonyl (C=O) groups excluding carboxylic acids is 1. The Labute approximate surface area is 179 Å². The molecule has 0 fully saturated rings. The molecule has 3 aromatic rings. The summed E-state index contributed by atoms with van der Waals surface area (Å²) in [7, 11) is 1.49. The number of nitrogens with zero attached hydrogens (tertiary/aromatic N) is 3. The van der Waals surface area contributed by atoms with Crippen LogP contribution < -0.4 is 5.32 Å². The molecule has 0 aliphatic rings. The summed E-state index contributed by atoms with van der Waals surface area (Å²) in [5.74, 6) is 1.18. The summed E-state index contributed by atoms with van der Waals surface area (Å²) in [5.41, 5.74) is 3.12. The molecule has 1 aromatic heterocycles. The minimum atomic E-state index is -0.352. The highest BCUT2D eigenvalue weighted by Crippen LogP contribution is 2.30. The van der Waals surface area contributed by atoms with Crippen molar-refractivity contribution in [3.63, 3.8) is 0 Å². The first-order valence-corrected chi connectivity index (χ1v) is 10.5. The van der Waals surface area contributed by atoms with Crippen LogP contribution in [-0.4, -0.2) is 34.4 Å². The third-order valence-corrected chi connectivity index (χ3v) is 5.56. The fourth-order valence-electron chi connectivity index (χ4n) is 2.91. The van der Waals surface area contributed by atoms with Gasteiger partial charge in [0.25, 0.3) is 0 Å². The number of methoxy groups -OCH3 is 1. The number of ether oxygens (including phenoxy) is 1. The van der Waals surface area contributed by atoms with Crippen LogP contribution >= 0.6 is 23.4 Å². The van der Waals surface area contributed by atoms with E-state index in [-0.39, 0.29) is 18.6 Å². The third kappa shape index (κ3) is 5.38. The topological polar surface area (TPSA) is 69.0 Å². The summed E-state index contributed by atoms with van der Waals surface area (Å²) < 4.78 is 6.87. The van der Waals surface area contributed by atoms with Gasteiger partial charge < -0.3 is 10.1 Å². The lowest BCUT2D eigenvalue weighted by atomic mass is 10.2. The van der Waals surface area contributed by atoms with E-state index in [0.29, 0.717) is 10.8 Å². The number of benzene rings is 2. The van der Waals surface area contributed by atoms with Crippen LogP contribution in [0.1, 0.15) is 29.9 Å². The fraction of sp³-hybridized carbons (Fsp3) is 0.286. The Balaban J connectivity index is 1.97. The molecule has 8 heteroatoms. The van der Waals surface area contributed by atoms with Gasteiger partial charge in [0.15, 0.2) is 11.0 Å². The van der Waals surface area contributed by atoms with Crippen molar-refractivity contribution in [3.8, 4) is 5.69 Å². The highest BCUT2D eigenvalue weighted by molar-refractivity contribution is 7.98. The van der Waals surface area contributed by atoms with Gasteiger partial charge >= 0.3 is 0 Å². The molecular weight excluding hydrogens is 408 g/mol. The molecule has 0 saturated heterocycles. The molecule has 0 bridgehead atoms. The van der Waals surface area contributed by atoms with E-state index in [1.807, 2.05) is 54.8 Å². The molecule has 152 valence electrons. The zero-order chi connectivity index (χ0) is 20.8. The van der Waals surface area contributed by atoms with E-state index >= 15 is 0 Å². The second kappa shape index (κ2) is 9.91. The number of halogens is 1. The van der Waals surface area contributed by atoms with E-state index in [2.05, 4.69) is 27.6 Å². The number of amides is 1. The number of hydrogen-bond acceptors (Lipinski definition) is 5. The highest BCUT2D eigenvalue weighted by Gasteiger charge is 2.22. The van der Waals surface area contributed by atoms with E-state index < -0.39 is 0 Å². The van der Waals surface area contributed by atoms with Gasteiger partial charge in [-0.25, -0.2) is 0 Å². The van der Waals surface area contributed by atoms with Crippen molar-refractivity contribution in [2.75, 3.05) is 13.7 Å². The van der Waals surface area contributed by atoms with E-state index in [1.165, 1.54) is 12.7 Å². The molecule has 0 aliphatic carbocycles. The molecule has 2 aromatic carbocycles. The fourth-order valence-corrected chi connectivity index (χ4v) is 3.98. The summed E-state index contributed by atoms with van der Waals surface area (Å²) in [4.78, 5) is 12.0. The first-order chi connectivity index (χ1) is 14.0. The molecule has 1 N–H and O–H groups in total. The maximum Gasteiger partial charge on any atom is 0.246 e. The quantitative estimate of drug-likeness (QED) is 0.538. The van der Waals surface area contributed by atoms with E-state index in [1.54, 1.807) is 11.8 Å². The predicted octanol–water partition coefficient (Wildman–Crippen LogP) is 4.35. The minimum absolute atomic E-state index is 0.00964. The van der Waals surface area contributed by atoms with E-state index in [9.17, 15) is 4.79 Å². The SMILES string of the molecule is COCC(=O)NC(C)c1nnc(SCc2ccccc2)n1-c1cc(Cl)ccc1C. The number of carbonyl (C=O) groups is 1. The second-order valence-corrected chi connectivity index (χ2v) is 7.98. The van der Waals surface area contributed by atoms with Crippen molar-refractivity contribution in [2.24, 2.45) is 0 Å². The van der Waals surface area contributed by atoms with Crippen molar-refractivity contribution in [1.82, 2.24) is 20.1 Å². The Bertz CT molecular complexity index is 978. The average molecular weight is 431 g/mol. The van der Waals surface area contributed by atoms with Gasteiger partial charge in [0.05, 0.1) is 11.7 Å². The van der Waals surface area contributed by atoms with Crippen LogP contribution in [0.25, 0.3) is 5.69 Å². The van der Waals surface area contributed by atoms with Gasteiger partial charge in [0, 0.05) is 17.9 Å². The number of aromatic nitrogens is 3. The molecule has 0 radical (unpaired) electrons. The highest BCUT2D eigenvalue weighted by atomic mass is 35.5. The summed E-state index contributed by atoms with van der Waals surface area (Å²) in [6.07, 6.45) is 0. The van der Waals surface area contributed by atoms with Gasteiger partial charge in [-0.15, -0.1) is 10.2 Å². The van der Waals surface area contributed by atoms with Crippen molar-refractivity contribution in [3.05, 3.63) is 70.5 Å². The van der Waals surface area contributed by atoms with E-state index in [4.69, 9.17) is 16.3 Å². The predicted molar refractivity (Wildman–Crippen MR) is 116 cm³/mol. The molecular formula is C21H23ClN4O2S. The van der Waals surface area contributed by atoms with Crippen LogP contribution in [0.15, 0.2) is 53.7 Å².